The van der Waals surface area contributed by atoms with Crippen LogP contribution < -0.4 is 10.6 Å². The van der Waals surface area contributed by atoms with Gasteiger partial charge in [-0.2, -0.15) is 0 Å². The van der Waals surface area contributed by atoms with E-state index in [1.807, 2.05) is 6.92 Å². The van der Waals surface area contributed by atoms with Crippen LogP contribution in [0.25, 0.3) is 10.9 Å². The Morgan fingerprint density at radius 2 is 1.97 bits per heavy atom. The Balaban J connectivity index is 1.94. The number of nitrogens with one attached hydrogen (secondary N) is 3. The van der Waals surface area contributed by atoms with Crippen molar-refractivity contribution in [1.29, 1.82) is 0 Å². The first-order valence-electron chi connectivity index (χ1n) is 10.4. The summed E-state index contributed by atoms with van der Waals surface area (Å²) in [5.74, 6) is 0.634. The summed E-state index contributed by atoms with van der Waals surface area (Å²) in [5, 5.41) is 7.91. The number of H-pyrrole nitrogens is 1. The Morgan fingerprint density at radius 3 is 2.69 bits per heavy atom. The normalized spacial score (nSPS) is 11.7. The number of rotatable bonds is 11. The summed E-state index contributed by atoms with van der Waals surface area (Å²) >= 11 is 0. The van der Waals surface area contributed by atoms with E-state index in [2.05, 4.69) is 51.9 Å². The minimum absolute atomic E-state index is 0.0239. The van der Waals surface area contributed by atoms with E-state index in [0.717, 1.165) is 39.0 Å². The number of nitrogens with zero attached hydrogens (tertiary/aromatic N) is 2. The van der Waals surface area contributed by atoms with Gasteiger partial charge in [0, 0.05) is 57.5 Å². The summed E-state index contributed by atoms with van der Waals surface area (Å²) in [6, 6.07) is 6.45. The highest BCUT2D eigenvalue weighted by atomic mass is 16.5. The molecule has 1 amide bonds. The number of carbonyl (C=O) groups is 1. The SMILES string of the molecule is CCOCCCNC(=NCC(=O)N(C)C)NCCc1c[nH]c2c(CC)cccc12. The lowest BCUT2D eigenvalue weighted by atomic mass is 10.1. The molecule has 7 nitrogen and oxygen atoms in total. The molecule has 0 spiro atoms. The number of likely N-dealkylation sites (N-methyl/N-ethyl adjacent to an activating group) is 1. The van der Waals surface area contributed by atoms with Gasteiger partial charge in [-0.15, -0.1) is 0 Å². The summed E-state index contributed by atoms with van der Waals surface area (Å²) in [5.41, 5.74) is 3.84. The van der Waals surface area contributed by atoms with Crippen LogP contribution >= 0.6 is 0 Å². The predicted molar refractivity (Wildman–Crippen MR) is 119 cm³/mol. The molecule has 0 fully saturated rings. The zero-order chi connectivity index (χ0) is 21.1. The average molecular weight is 402 g/mol. The van der Waals surface area contributed by atoms with Gasteiger partial charge in [-0.05, 0) is 37.3 Å². The van der Waals surface area contributed by atoms with Crippen molar-refractivity contribution in [2.24, 2.45) is 4.99 Å². The zero-order valence-electron chi connectivity index (χ0n) is 18.2. The van der Waals surface area contributed by atoms with Gasteiger partial charge in [-0.25, -0.2) is 4.99 Å². The molecule has 2 rings (SSSR count). The fraction of sp³-hybridized carbons (Fsp3) is 0.545. The quantitative estimate of drug-likeness (QED) is 0.307. The Hall–Kier alpha value is -2.54. The number of hydrogen-bond acceptors (Lipinski definition) is 3. The first-order valence-corrected chi connectivity index (χ1v) is 10.4. The van der Waals surface area contributed by atoms with Crippen molar-refractivity contribution in [3.05, 3.63) is 35.5 Å². The Kier molecular flexibility index (Phi) is 9.50. The predicted octanol–water partition coefficient (Wildman–Crippen LogP) is 2.32. The number of aliphatic imine (C=N–C) groups is 1. The lowest BCUT2D eigenvalue weighted by Crippen LogP contribution is -2.40. The van der Waals surface area contributed by atoms with Crippen molar-refractivity contribution in [3.63, 3.8) is 0 Å². The molecule has 0 unspecified atom stereocenters. The third kappa shape index (κ3) is 7.09. The number of para-hydroxylation sites is 1. The van der Waals surface area contributed by atoms with E-state index in [0.29, 0.717) is 12.6 Å². The summed E-state index contributed by atoms with van der Waals surface area (Å²) in [6.07, 6.45) is 4.86. The Bertz CT molecular complexity index is 798. The number of aryl methyl sites for hydroxylation is 1. The Morgan fingerprint density at radius 1 is 1.17 bits per heavy atom. The molecule has 2 aromatic rings. The molecule has 0 atom stereocenters. The highest BCUT2D eigenvalue weighted by molar-refractivity contribution is 5.86. The van der Waals surface area contributed by atoms with E-state index in [9.17, 15) is 4.79 Å². The molecule has 1 aromatic carbocycles. The van der Waals surface area contributed by atoms with Crippen molar-refractivity contribution in [1.82, 2.24) is 20.5 Å². The van der Waals surface area contributed by atoms with Crippen LogP contribution in [0, 0.1) is 0 Å². The van der Waals surface area contributed by atoms with E-state index >= 15 is 0 Å². The summed E-state index contributed by atoms with van der Waals surface area (Å²) < 4.78 is 5.37. The molecule has 0 saturated heterocycles. The van der Waals surface area contributed by atoms with Gasteiger partial charge in [0.1, 0.15) is 6.54 Å². The number of benzene rings is 1. The third-order valence-corrected chi connectivity index (χ3v) is 4.79. The van der Waals surface area contributed by atoms with Crippen LogP contribution in [0.15, 0.2) is 29.4 Å². The van der Waals surface area contributed by atoms with Crippen LogP contribution in [-0.4, -0.2) is 68.7 Å². The van der Waals surface area contributed by atoms with Crippen LogP contribution in [0.4, 0.5) is 0 Å². The highest BCUT2D eigenvalue weighted by Crippen LogP contribution is 2.22. The maximum Gasteiger partial charge on any atom is 0.243 e. The molecule has 7 heteroatoms. The zero-order valence-corrected chi connectivity index (χ0v) is 18.2. The second-order valence-electron chi connectivity index (χ2n) is 7.11. The van der Waals surface area contributed by atoms with Crippen molar-refractivity contribution >= 4 is 22.8 Å². The molecule has 29 heavy (non-hydrogen) atoms. The van der Waals surface area contributed by atoms with Gasteiger partial charge in [0.25, 0.3) is 0 Å². The standard InChI is InChI=1S/C22H35N5O2/c1-5-17-9-7-10-19-18(15-25-21(17)19)11-13-24-22(23-12-8-14-29-6-2)26-16-20(28)27(3)4/h7,9-10,15,25H,5-6,8,11-14,16H2,1-4H3,(H2,23,24,26). The molecule has 1 heterocycles. The van der Waals surface area contributed by atoms with Gasteiger partial charge >= 0.3 is 0 Å². The minimum atomic E-state index is -0.0239. The highest BCUT2D eigenvalue weighted by Gasteiger charge is 2.08. The molecular weight excluding hydrogens is 366 g/mol. The molecule has 0 aliphatic heterocycles. The number of hydrogen-bond donors (Lipinski definition) is 3. The van der Waals surface area contributed by atoms with Crippen molar-refractivity contribution in [2.45, 2.75) is 33.1 Å². The summed E-state index contributed by atoms with van der Waals surface area (Å²) in [4.78, 5) is 21.3. The number of ether oxygens (including phenoxy) is 1. The number of fused-ring (bicyclic) bond motifs is 1. The van der Waals surface area contributed by atoms with Gasteiger partial charge < -0.3 is 25.3 Å². The van der Waals surface area contributed by atoms with Gasteiger partial charge in [0.15, 0.2) is 5.96 Å². The topological polar surface area (TPSA) is 81.8 Å². The molecular formula is C22H35N5O2. The van der Waals surface area contributed by atoms with Crippen LogP contribution in [0.2, 0.25) is 0 Å². The number of aromatic nitrogens is 1. The number of aromatic amines is 1. The molecule has 0 radical (unpaired) electrons. The number of guanidine groups is 1. The maximum absolute atomic E-state index is 11.9. The monoisotopic (exact) mass is 401 g/mol. The lowest BCUT2D eigenvalue weighted by molar-refractivity contribution is -0.127. The van der Waals surface area contributed by atoms with Crippen molar-refractivity contribution < 1.29 is 9.53 Å². The smallest absolute Gasteiger partial charge is 0.243 e. The van der Waals surface area contributed by atoms with Crippen molar-refractivity contribution in [2.75, 3.05) is 46.9 Å². The summed E-state index contributed by atoms with van der Waals surface area (Å²) in [7, 11) is 3.48. The van der Waals surface area contributed by atoms with Gasteiger partial charge in [-0.1, -0.05) is 25.1 Å². The lowest BCUT2D eigenvalue weighted by Gasteiger charge is -2.14. The largest absolute Gasteiger partial charge is 0.382 e. The third-order valence-electron chi connectivity index (χ3n) is 4.79. The maximum atomic E-state index is 11.9. The average Bonchev–Trinajstić information content (AvgIpc) is 3.14. The number of carbonyl (C=O) groups excluding carboxylic acids is 1. The van der Waals surface area contributed by atoms with E-state index in [4.69, 9.17) is 4.74 Å². The van der Waals surface area contributed by atoms with Crippen LogP contribution in [0.5, 0.6) is 0 Å². The Labute approximate surface area is 173 Å². The van der Waals surface area contributed by atoms with E-state index in [1.54, 1.807) is 19.0 Å². The van der Waals surface area contributed by atoms with Crippen LogP contribution in [0.3, 0.4) is 0 Å². The summed E-state index contributed by atoms with van der Waals surface area (Å²) in [6.45, 7) is 7.20. The molecule has 1 aromatic heterocycles. The van der Waals surface area contributed by atoms with E-state index in [1.165, 1.54) is 22.0 Å². The van der Waals surface area contributed by atoms with Crippen LogP contribution in [0.1, 0.15) is 31.4 Å². The second kappa shape index (κ2) is 12.1. The molecule has 0 aliphatic carbocycles. The molecule has 0 saturated carbocycles. The molecule has 0 aliphatic rings. The van der Waals surface area contributed by atoms with E-state index in [-0.39, 0.29) is 12.5 Å². The van der Waals surface area contributed by atoms with Crippen LogP contribution in [-0.2, 0) is 22.4 Å². The first kappa shape index (κ1) is 22.7. The van der Waals surface area contributed by atoms with Crippen molar-refractivity contribution in [3.8, 4) is 0 Å². The fourth-order valence-corrected chi connectivity index (χ4v) is 3.08. The minimum Gasteiger partial charge on any atom is -0.382 e. The number of amides is 1. The van der Waals surface area contributed by atoms with Gasteiger partial charge in [-0.3, -0.25) is 4.79 Å². The molecule has 0 bridgehead atoms. The first-order chi connectivity index (χ1) is 14.1. The van der Waals surface area contributed by atoms with Gasteiger partial charge in [0.05, 0.1) is 0 Å². The molecule has 160 valence electrons. The van der Waals surface area contributed by atoms with Gasteiger partial charge in [0.2, 0.25) is 5.91 Å². The molecule has 3 N–H and O–H groups in total. The fourth-order valence-electron chi connectivity index (χ4n) is 3.08. The second-order valence-corrected chi connectivity index (χ2v) is 7.11. The van der Waals surface area contributed by atoms with E-state index < -0.39 is 0 Å².